The molecular formula is C19H28N2O4. The highest BCUT2D eigenvalue weighted by atomic mass is 16.6. The summed E-state index contributed by atoms with van der Waals surface area (Å²) in [4.78, 5) is 13.8. The van der Waals surface area contributed by atoms with Gasteiger partial charge in [0.2, 0.25) is 0 Å². The molecule has 1 amide bonds. The predicted octanol–water partition coefficient (Wildman–Crippen LogP) is 3.32. The van der Waals surface area contributed by atoms with Crippen LogP contribution in [-0.2, 0) is 11.3 Å². The first kappa shape index (κ1) is 19.0. The smallest absolute Gasteiger partial charge is 0.410 e. The van der Waals surface area contributed by atoms with Gasteiger partial charge in [0.15, 0.2) is 0 Å². The fraction of sp³-hybridized carbons (Fsp3) is 0.526. The molecule has 0 saturated carbocycles. The Morgan fingerprint density at radius 3 is 2.28 bits per heavy atom. The first-order chi connectivity index (χ1) is 11.8. The van der Waals surface area contributed by atoms with Crippen LogP contribution in [0.25, 0.3) is 0 Å². The van der Waals surface area contributed by atoms with Crippen LogP contribution in [0.15, 0.2) is 30.0 Å². The number of nitrogens with zero attached hydrogens (tertiary/aromatic N) is 1. The molecule has 0 radical (unpaired) electrons. The van der Waals surface area contributed by atoms with Crippen molar-refractivity contribution in [1.29, 1.82) is 0 Å². The first-order valence-electron chi connectivity index (χ1n) is 8.43. The topological polar surface area (TPSA) is 60.0 Å². The standard InChI is InChI=1S/C19H28N2O4/c1-19(2,3)25-18(22)21-8-6-15(7-9-21)20-13-14-10-16(23-4)12-17(11-14)24-5/h6,10-12,20H,7-9,13H2,1-5H3. The highest BCUT2D eigenvalue weighted by Gasteiger charge is 2.23. The fourth-order valence-electron chi connectivity index (χ4n) is 2.51. The van der Waals surface area contributed by atoms with Crippen LogP contribution in [0.3, 0.4) is 0 Å². The Hall–Kier alpha value is -2.37. The van der Waals surface area contributed by atoms with E-state index >= 15 is 0 Å². The van der Waals surface area contributed by atoms with Gasteiger partial charge >= 0.3 is 6.09 Å². The van der Waals surface area contributed by atoms with E-state index in [1.807, 2.05) is 45.0 Å². The van der Waals surface area contributed by atoms with Gasteiger partial charge in [-0.3, -0.25) is 0 Å². The number of amides is 1. The second-order valence-electron chi connectivity index (χ2n) is 6.98. The second-order valence-corrected chi connectivity index (χ2v) is 6.98. The van der Waals surface area contributed by atoms with E-state index in [0.29, 0.717) is 19.6 Å². The summed E-state index contributed by atoms with van der Waals surface area (Å²) < 4.78 is 16.0. The van der Waals surface area contributed by atoms with Crippen LogP contribution >= 0.6 is 0 Å². The summed E-state index contributed by atoms with van der Waals surface area (Å²) in [5.41, 5.74) is 1.73. The Kier molecular flexibility index (Phi) is 6.17. The average molecular weight is 348 g/mol. The predicted molar refractivity (Wildman–Crippen MR) is 96.9 cm³/mol. The lowest BCUT2D eigenvalue weighted by molar-refractivity contribution is 0.0264. The number of carbonyl (C=O) groups is 1. The minimum Gasteiger partial charge on any atom is -0.497 e. The molecule has 6 heteroatoms. The Morgan fingerprint density at radius 2 is 1.80 bits per heavy atom. The number of hydrogen-bond donors (Lipinski definition) is 1. The molecule has 1 heterocycles. The van der Waals surface area contributed by atoms with Gasteiger partial charge in [-0.15, -0.1) is 0 Å². The van der Waals surface area contributed by atoms with Crippen LogP contribution in [0.1, 0.15) is 32.8 Å². The molecule has 0 fully saturated rings. The zero-order valence-corrected chi connectivity index (χ0v) is 15.7. The van der Waals surface area contributed by atoms with Gasteiger partial charge in [-0.25, -0.2) is 4.79 Å². The third-order valence-corrected chi connectivity index (χ3v) is 3.79. The van der Waals surface area contributed by atoms with Crippen molar-refractivity contribution in [2.24, 2.45) is 0 Å². The fourth-order valence-corrected chi connectivity index (χ4v) is 2.51. The van der Waals surface area contributed by atoms with E-state index in [1.54, 1.807) is 19.1 Å². The molecular weight excluding hydrogens is 320 g/mol. The molecule has 0 atom stereocenters. The molecule has 2 rings (SSSR count). The number of carbonyl (C=O) groups excluding carboxylic acids is 1. The van der Waals surface area contributed by atoms with Crippen molar-refractivity contribution in [3.8, 4) is 11.5 Å². The summed E-state index contributed by atoms with van der Waals surface area (Å²) in [7, 11) is 3.28. The first-order valence-corrected chi connectivity index (χ1v) is 8.43. The number of rotatable bonds is 5. The van der Waals surface area contributed by atoms with Crippen molar-refractivity contribution in [2.45, 2.75) is 39.3 Å². The van der Waals surface area contributed by atoms with Crippen molar-refractivity contribution >= 4 is 6.09 Å². The quantitative estimate of drug-likeness (QED) is 0.884. The number of hydrogen-bond acceptors (Lipinski definition) is 5. The number of benzene rings is 1. The molecule has 1 aliphatic rings. The SMILES string of the molecule is COc1cc(CNC2=CCN(C(=O)OC(C)(C)C)CC2)cc(OC)c1. The van der Waals surface area contributed by atoms with Crippen molar-refractivity contribution in [1.82, 2.24) is 10.2 Å². The van der Waals surface area contributed by atoms with Gasteiger partial charge in [0, 0.05) is 37.8 Å². The van der Waals surface area contributed by atoms with E-state index in [4.69, 9.17) is 14.2 Å². The molecule has 1 aliphatic heterocycles. The average Bonchev–Trinajstić information content (AvgIpc) is 2.58. The number of ether oxygens (including phenoxy) is 3. The van der Waals surface area contributed by atoms with Crippen LogP contribution in [0.2, 0.25) is 0 Å². The molecule has 25 heavy (non-hydrogen) atoms. The van der Waals surface area contributed by atoms with Gasteiger partial charge in [0.05, 0.1) is 14.2 Å². The van der Waals surface area contributed by atoms with E-state index < -0.39 is 5.60 Å². The Balaban J connectivity index is 1.90. The summed E-state index contributed by atoms with van der Waals surface area (Å²) in [6.07, 6.45) is 2.55. The molecule has 1 aromatic carbocycles. The highest BCUT2D eigenvalue weighted by Crippen LogP contribution is 2.23. The van der Waals surface area contributed by atoms with Crippen LogP contribution in [0.5, 0.6) is 11.5 Å². The second kappa shape index (κ2) is 8.14. The maximum Gasteiger partial charge on any atom is 0.410 e. The monoisotopic (exact) mass is 348 g/mol. The molecule has 1 aromatic rings. The third kappa shape index (κ3) is 5.89. The zero-order chi connectivity index (χ0) is 18.4. The summed E-state index contributed by atoms with van der Waals surface area (Å²) in [6.45, 7) is 7.50. The Labute approximate surface area is 149 Å². The summed E-state index contributed by atoms with van der Waals surface area (Å²) in [6, 6.07) is 5.81. The van der Waals surface area contributed by atoms with Gasteiger partial charge in [-0.2, -0.15) is 0 Å². The van der Waals surface area contributed by atoms with Gasteiger partial charge in [0.25, 0.3) is 0 Å². The van der Waals surface area contributed by atoms with E-state index in [2.05, 4.69) is 5.32 Å². The molecule has 6 nitrogen and oxygen atoms in total. The number of methoxy groups -OCH3 is 2. The zero-order valence-electron chi connectivity index (χ0n) is 15.7. The van der Waals surface area contributed by atoms with Crippen LogP contribution in [-0.4, -0.2) is 43.9 Å². The normalized spacial score (nSPS) is 14.6. The van der Waals surface area contributed by atoms with Gasteiger partial charge in [0.1, 0.15) is 17.1 Å². The lowest BCUT2D eigenvalue weighted by atomic mass is 10.1. The molecule has 138 valence electrons. The lowest BCUT2D eigenvalue weighted by Crippen LogP contribution is -2.40. The van der Waals surface area contributed by atoms with Crippen molar-refractivity contribution in [3.05, 3.63) is 35.5 Å². The van der Waals surface area contributed by atoms with E-state index in [0.717, 1.165) is 29.2 Å². The van der Waals surface area contributed by atoms with Crippen molar-refractivity contribution < 1.29 is 19.0 Å². The van der Waals surface area contributed by atoms with Crippen molar-refractivity contribution in [2.75, 3.05) is 27.3 Å². The Morgan fingerprint density at radius 1 is 1.16 bits per heavy atom. The highest BCUT2D eigenvalue weighted by molar-refractivity contribution is 5.68. The van der Waals surface area contributed by atoms with Gasteiger partial charge in [-0.05, 0) is 44.5 Å². The van der Waals surface area contributed by atoms with E-state index in [9.17, 15) is 4.79 Å². The van der Waals surface area contributed by atoms with Gasteiger partial charge < -0.3 is 24.4 Å². The van der Waals surface area contributed by atoms with Gasteiger partial charge in [-0.1, -0.05) is 0 Å². The minimum absolute atomic E-state index is 0.264. The summed E-state index contributed by atoms with van der Waals surface area (Å²) >= 11 is 0. The minimum atomic E-state index is -0.468. The lowest BCUT2D eigenvalue weighted by Gasteiger charge is -2.29. The summed E-state index contributed by atoms with van der Waals surface area (Å²) in [5, 5.41) is 3.42. The van der Waals surface area contributed by atoms with E-state index in [1.165, 1.54) is 0 Å². The molecule has 0 bridgehead atoms. The van der Waals surface area contributed by atoms with Crippen LogP contribution in [0.4, 0.5) is 4.79 Å². The molecule has 1 N–H and O–H groups in total. The molecule has 0 aromatic heterocycles. The number of nitrogens with one attached hydrogen (secondary N) is 1. The maximum absolute atomic E-state index is 12.1. The maximum atomic E-state index is 12.1. The summed E-state index contributed by atoms with van der Waals surface area (Å²) in [5.74, 6) is 1.54. The van der Waals surface area contributed by atoms with Crippen LogP contribution < -0.4 is 14.8 Å². The van der Waals surface area contributed by atoms with E-state index in [-0.39, 0.29) is 6.09 Å². The molecule has 0 aliphatic carbocycles. The third-order valence-electron chi connectivity index (χ3n) is 3.79. The molecule has 0 unspecified atom stereocenters. The molecule has 0 spiro atoms. The largest absolute Gasteiger partial charge is 0.497 e. The van der Waals surface area contributed by atoms with Crippen LogP contribution in [0, 0.1) is 0 Å². The van der Waals surface area contributed by atoms with Crippen molar-refractivity contribution in [3.63, 3.8) is 0 Å². The molecule has 0 saturated heterocycles. The Bertz CT molecular complexity index is 613.